The summed E-state index contributed by atoms with van der Waals surface area (Å²) in [4.78, 5) is 4.08. The maximum atomic E-state index is 13.8. The Morgan fingerprint density at radius 1 is 1.00 bits per heavy atom. The van der Waals surface area contributed by atoms with Crippen molar-refractivity contribution < 1.29 is 13.5 Å². The van der Waals surface area contributed by atoms with E-state index in [9.17, 15) is 8.78 Å². The summed E-state index contributed by atoms with van der Waals surface area (Å²) in [5, 5.41) is -0.305. The molecule has 3 aromatic rings. The number of ether oxygens (including phenoxy) is 1. The Morgan fingerprint density at radius 3 is 2.46 bits per heavy atom. The van der Waals surface area contributed by atoms with Crippen molar-refractivity contribution in [1.82, 2.24) is 4.98 Å². The van der Waals surface area contributed by atoms with Crippen LogP contribution < -0.4 is 10.5 Å². The zero-order valence-electron chi connectivity index (χ0n) is 12.5. The number of rotatable bonds is 4. The van der Waals surface area contributed by atoms with E-state index in [2.05, 4.69) is 4.98 Å². The molecule has 6 heteroatoms. The lowest BCUT2D eigenvalue weighted by Crippen LogP contribution is -2.04. The van der Waals surface area contributed by atoms with Gasteiger partial charge in [-0.2, -0.15) is 0 Å². The van der Waals surface area contributed by atoms with Crippen LogP contribution in [-0.4, -0.2) is 4.98 Å². The molecule has 0 saturated heterocycles. The van der Waals surface area contributed by atoms with Crippen molar-refractivity contribution in [2.75, 3.05) is 5.73 Å². The number of hydrogen-bond donors (Lipinski definition) is 1. The first-order chi connectivity index (χ1) is 11.6. The number of aromatic nitrogens is 1. The Bertz CT molecular complexity index is 872. The standard InChI is InChI=1S/C18H13ClF2N2O/c19-17-13(14(20)6-7-15(17)21)10-24-16-8-12(9-23-18(16)22)11-4-2-1-3-5-11/h1-9H,10H2,(H2,22,23). The van der Waals surface area contributed by atoms with Gasteiger partial charge in [0.05, 0.1) is 5.02 Å². The number of halogens is 3. The highest BCUT2D eigenvalue weighted by molar-refractivity contribution is 6.31. The molecule has 122 valence electrons. The smallest absolute Gasteiger partial charge is 0.166 e. The third-order valence-electron chi connectivity index (χ3n) is 3.50. The minimum absolute atomic E-state index is 0.0684. The molecule has 0 bridgehead atoms. The molecule has 0 amide bonds. The molecule has 1 aromatic heterocycles. The van der Waals surface area contributed by atoms with Gasteiger partial charge in [-0.25, -0.2) is 13.8 Å². The lowest BCUT2D eigenvalue weighted by Gasteiger charge is -2.12. The fraction of sp³-hybridized carbons (Fsp3) is 0.0556. The van der Waals surface area contributed by atoms with Crippen LogP contribution in [0, 0.1) is 11.6 Å². The molecule has 3 nitrogen and oxygen atoms in total. The van der Waals surface area contributed by atoms with E-state index in [1.807, 2.05) is 30.3 Å². The molecule has 0 aliphatic heterocycles. The van der Waals surface area contributed by atoms with Crippen molar-refractivity contribution in [3.05, 3.63) is 76.9 Å². The lowest BCUT2D eigenvalue weighted by atomic mass is 10.1. The Morgan fingerprint density at radius 2 is 1.71 bits per heavy atom. The largest absolute Gasteiger partial charge is 0.485 e. The summed E-state index contributed by atoms with van der Waals surface area (Å²) in [6.07, 6.45) is 1.62. The van der Waals surface area contributed by atoms with E-state index in [1.165, 1.54) is 0 Å². The van der Waals surface area contributed by atoms with E-state index < -0.39 is 11.6 Å². The molecule has 0 atom stereocenters. The average molecular weight is 347 g/mol. The molecule has 0 spiro atoms. The molecule has 1 heterocycles. The molecule has 0 aliphatic rings. The fourth-order valence-corrected chi connectivity index (χ4v) is 2.42. The van der Waals surface area contributed by atoms with Crippen LogP contribution in [0.5, 0.6) is 5.75 Å². The van der Waals surface area contributed by atoms with Crippen LogP contribution in [0.2, 0.25) is 5.02 Å². The first-order valence-corrected chi connectivity index (χ1v) is 7.50. The van der Waals surface area contributed by atoms with Crippen molar-refractivity contribution in [1.29, 1.82) is 0 Å². The number of hydrogen-bond acceptors (Lipinski definition) is 3. The molecule has 24 heavy (non-hydrogen) atoms. The van der Waals surface area contributed by atoms with Gasteiger partial charge >= 0.3 is 0 Å². The Balaban J connectivity index is 1.87. The minimum Gasteiger partial charge on any atom is -0.485 e. The van der Waals surface area contributed by atoms with E-state index in [4.69, 9.17) is 22.1 Å². The summed E-state index contributed by atoms with van der Waals surface area (Å²) < 4.78 is 32.8. The van der Waals surface area contributed by atoms with Crippen molar-refractivity contribution in [2.45, 2.75) is 6.61 Å². The van der Waals surface area contributed by atoms with Crippen LogP contribution in [0.3, 0.4) is 0 Å². The summed E-state index contributed by atoms with van der Waals surface area (Å²) in [5.74, 6) is -0.924. The van der Waals surface area contributed by atoms with Crippen LogP contribution >= 0.6 is 11.6 Å². The normalized spacial score (nSPS) is 10.6. The van der Waals surface area contributed by atoms with E-state index in [1.54, 1.807) is 12.3 Å². The number of nitrogens with two attached hydrogens (primary N) is 1. The van der Waals surface area contributed by atoms with Gasteiger partial charge in [-0.3, -0.25) is 0 Å². The monoisotopic (exact) mass is 346 g/mol. The van der Waals surface area contributed by atoms with Gasteiger partial charge < -0.3 is 10.5 Å². The Labute approximate surface area is 142 Å². The van der Waals surface area contributed by atoms with Gasteiger partial charge in [-0.1, -0.05) is 41.9 Å². The number of nitrogens with zero attached hydrogens (tertiary/aromatic N) is 1. The molecule has 0 radical (unpaired) electrons. The fourth-order valence-electron chi connectivity index (χ4n) is 2.21. The molecule has 0 fully saturated rings. The van der Waals surface area contributed by atoms with Gasteiger partial charge in [0.25, 0.3) is 0 Å². The molecule has 3 rings (SSSR count). The number of benzene rings is 2. The van der Waals surface area contributed by atoms with Crippen LogP contribution in [0.15, 0.2) is 54.7 Å². The number of anilines is 1. The third kappa shape index (κ3) is 3.31. The number of nitrogen functional groups attached to an aromatic ring is 1. The summed E-state index contributed by atoms with van der Waals surface area (Å²) in [6, 6.07) is 13.2. The van der Waals surface area contributed by atoms with E-state index in [0.717, 1.165) is 23.3 Å². The molecular formula is C18H13ClF2N2O. The molecule has 2 N–H and O–H groups in total. The third-order valence-corrected chi connectivity index (χ3v) is 3.91. The zero-order valence-corrected chi connectivity index (χ0v) is 13.2. The summed E-state index contributed by atoms with van der Waals surface area (Å²) in [6.45, 7) is -0.257. The van der Waals surface area contributed by atoms with Crippen LogP contribution in [-0.2, 0) is 6.61 Å². The van der Waals surface area contributed by atoms with Crippen molar-refractivity contribution >= 4 is 17.4 Å². The topological polar surface area (TPSA) is 48.1 Å². The molecule has 0 unspecified atom stereocenters. The van der Waals surface area contributed by atoms with Crippen LogP contribution in [0.4, 0.5) is 14.6 Å². The van der Waals surface area contributed by atoms with Crippen LogP contribution in [0.25, 0.3) is 11.1 Å². The van der Waals surface area contributed by atoms with Gasteiger partial charge in [-0.05, 0) is 23.8 Å². The van der Waals surface area contributed by atoms with Crippen LogP contribution in [0.1, 0.15) is 5.56 Å². The highest BCUT2D eigenvalue weighted by Crippen LogP contribution is 2.29. The summed E-state index contributed by atoms with van der Waals surface area (Å²) in [7, 11) is 0. The Kier molecular flexibility index (Phi) is 4.62. The predicted octanol–water partition coefficient (Wildman–Crippen LogP) is 4.84. The van der Waals surface area contributed by atoms with Gasteiger partial charge in [0.15, 0.2) is 11.6 Å². The minimum atomic E-state index is -0.708. The Hall–Kier alpha value is -2.66. The molecular weight excluding hydrogens is 334 g/mol. The van der Waals surface area contributed by atoms with E-state index >= 15 is 0 Å². The highest BCUT2D eigenvalue weighted by Gasteiger charge is 2.14. The van der Waals surface area contributed by atoms with Crippen molar-refractivity contribution in [3.8, 4) is 16.9 Å². The van der Waals surface area contributed by atoms with Crippen molar-refractivity contribution in [2.24, 2.45) is 0 Å². The van der Waals surface area contributed by atoms with Gasteiger partial charge in [-0.15, -0.1) is 0 Å². The average Bonchev–Trinajstić information content (AvgIpc) is 2.60. The maximum absolute atomic E-state index is 13.8. The highest BCUT2D eigenvalue weighted by atomic mass is 35.5. The van der Waals surface area contributed by atoms with Gasteiger partial charge in [0.1, 0.15) is 18.2 Å². The quantitative estimate of drug-likeness (QED) is 0.687. The van der Waals surface area contributed by atoms with E-state index in [-0.39, 0.29) is 28.8 Å². The lowest BCUT2D eigenvalue weighted by molar-refractivity contribution is 0.300. The second kappa shape index (κ2) is 6.84. The molecule has 0 aliphatic carbocycles. The van der Waals surface area contributed by atoms with Gasteiger partial charge in [0, 0.05) is 17.3 Å². The molecule has 0 saturated carbocycles. The van der Waals surface area contributed by atoms with E-state index in [0.29, 0.717) is 0 Å². The summed E-state index contributed by atoms with van der Waals surface area (Å²) >= 11 is 5.79. The van der Waals surface area contributed by atoms with Crippen molar-refractivity contribution in [3.63, 3.8) is 0 Å². The predicted molar refractivity (Wildman–Crippen MR) is 89.8 cm³/mol. The number of pyridine rings is 1. The first kappa shape index (κ1) is 16.2. The summed E-state index contributed by atoms with van der Waals surface area (Å²) in [5.41, 5.74) is 7.46. The zero-order chi connectivity index (χ0) is 17.1. The second-order valence-electron chi connectivity index (χ2n) is 5.08. The molecule has 2 aromatic carbocycles. The SMILES string of the molecule is Nc1ncc(-c2ccccc2)cc1OCc1c(F)ccc(F)c1Cl. The second-order valence-corrected chi connectivity index (χ2v) is 5.46. The maximum Gasteiger partial charge on any atom is 0.166 e. The first-order valence-electron chi connectivity index (χ1n) is 7.12. The van der Waals surface area contributed by atoms with Gasteiger partial charge in [0.2, 0.25) is 0 Å².